The molecule has 0 bridgehead atoms. The Labute approximate surface area is 265 Å². The third kappa shape index (κ3) is 5.33. The van der Waals surface area contributed by atoms with Crippen LogP contribution in [0.5, 0.6) is 0 Å². The van der Waals surface area contributed by atoms with Crippen molar-refractivity contribution in [3.05, 3.63) is 87.4 Å². The minimum Gasteiger partial charge on any atom is -0.465 e. The van der Waals surface area contributed by atoms with Gasteiger partial charge in [0.25, 0.3) is 11.8 Å². The summed E-state index contributed by atoms with van der Waals surface area (Å²) in [4.78, 5) is 50.0. The lowest BCUT2D eigenvalue weighted by molar-refractivity contribution is -0.121. The van der Waals surface area contributed by atoms with Crippen LogP contribution < -0.4 is 5.32 Å². The summed E-state index contributed by atoms with van der Waals surface area (Å²) in [5.41, 5.74) is 4.00. The molecule has 0 saturated carbocycles. The Morgan fingerprint density at radius 1 is 1.11 bits per heavy atom. The number of carbonyl (C=O) groups excluding carboxylic acids is 2. The van der Waals surface area contributed by atoms with Gasteiger partial charge >= 0.3 is 6.09 Å². The number of likely N-dealkylation sites (tertiary alicyclic amines) is 1. The van der Waals surface area contributed by atoms with E-state index in [1.165, 1.54) is 22.6 Å². The third-order valence-electron chi connectivity index (χ3n) is 8.77. The molecular weight excluding hydrogens is 626 g/mol. The van der Waals surface area contributed by atoms with Gasteiger partial charge in [-0.05, 0) is 35.2 Å². The molecular formula is C31H27ClF2N6O4S. The Bertz CT molecular complexity index is 1800. The number of nitrogens with zero attached hydrogens (tertiary/aromatic N) is 5. The molecule has 1 fully saturated rings. The predicted octanol–water partition coefficient (Wildman–Crippen LogP) is 5.70. The molecule has 2 aromatic heterocycles. The van der Waals surface area contributed by atoms with Crippen LogP contribution in [0.4, 0.5) is 18.7 Å². The highest BCUT2D eigenvalue weighted by Crippen LogP contribution is 2.40. The summed E-state index contributed by atoms with van der Waals surface area (Å²) in [6, 6.07) is 9.62. The minimum atomic E-state index is -1.31. The van der Waals surface area contributed by atoms with Gasteiger partial charge in [0.15, 0.2) is 11.2 Å². The van der Waals surface area contributed by atoms with Crippen LogP contribution in [0.2, 0.25) is 5.02 Å². The number of rotatable bonds is 6. The van der Waals surface area contributed by atoms with Crippen LogP contribution >= 0.6 is 22.9 Å². The van der Waals surface area contributed by atoms with Crippen molar-refractivity contribution in [1.82, 2.24) is 24.3 Å². The zero-order valence-electron chi connectivity index (χ0n) is 23.7. The summed E-state index contributed by atoms with van der Waals surface area (Å²) in [6.07, 6.45) is -0.0167. The van der Waals surface area contributed by atoms with E-state index >= 15 is 0 Å². The van der Waals surface area contributed by atoms with Crippen molar-refractivity contribution >= 4 is 46.0 Å². The number of piperidine rings is 1. The van der Waals surface area contributed by atoms with Gasteiger partial charge in [0.05, 0.1) is 25.1 Å². The van der Waals surface area contributed by atoms with E-state index in [4.69, 9.17) is 11.6 Å². The standard InChI is InChI=1S/C31H27ClF2N6O4S/c32-23-10-18(16-1-3-17(4-2-16)20-5-7-38(31(43)44)14-24(20)34)9-21-22(23)13-40(29(21)42)27(28(41)37-30-35-6-8-45-30)26-25-11-19(33)12-39(25)15-36-26/h1-4,6,8-10,15,19-20,24,27H,5,7,11-14H2,(H,43,44)(H,35,37,41)/t19-,20+,24-,27?/m1/s1. The molecule has 5 heterocycles. The maximum absolute atomic E-state index is 14.9. The molecule has 1 saturated heterocycles. The van der Waals surface area contributed by atoms with E-state index in [0.717, 1.165) is 16.0 Å². The fourth-order valence-electron chi connectivity index (χ4n) is 6.53. The first-order valence-corrected chi connectivity index (χ1v) is 15.7. The van der Waals surface area contributed by atoms with Crippen LogP contribution in [-0.2, 0) is 24.3 Å². The predicted molar refractivity (Wildman–Crippen MR) is 163 cm³/mol. The highest BCUT2D eigenvalue weighted by Gasteiger charge is 2.42. The summed E-state index contributed by atoms with van der Waals surface area (Å²) < 4.78 is 30.8. The monoisotopic (exact) mass is 652 g/mol. The largest absolute Gasteiger partial charge is 0.465 e. The molecule has 7 rings (SSSR count). The molecule has 1 unspecified atom stereocenters. The Morgan fingerprint density at radius 3 is 2.62 bits per heavy atom. The summed E-state index contributed by atoms with van der Waals surface area (Å²) in [7, 11) is 0. The molecule has 4 atom stereocenters. The lowest BCUT2D eigenvalue weighted by Crippen LogP contribution is -2.43. The Hall–Kier alpha value is -4.36. The van der Waals surface area contributed by atoms with E-state index in [9.17, 15) is 28.3 Å². The zero-order chi connectivity index (χ0) is 31.4. The van der Waals surface area contributed by atoms with Gasteiger partial charge in [0, 0.05) is 58.8 Å². The number of halogens is 3. The SMILES string of the molecule is O=C(Nc1nccs1)C(c1ncn2c1C[C@@H](F)C2)N1Cc2c(Cl)cc(-c3ccc([C@@H]4CCN(C(=O)O)C[C@H]4F)cc3)cc2C1=O. The van der Waals surface area contributed by atoms with Crippen molar-refractivity contribution < 1.29 is 28.3 Å². The van der Waals surface area contributed by atoms with E-state index in [1.54, 1.807) is 28.3 Å². The Morgan fingerprint density at radius 2 is 1.91 bits per heavy atom. The first kappa shape index (κ1) is 29.4. The fourth-order valence-corrected chi connectivity index (χ4v) is 7.34. The second-order valence-corrected chi connectivity index (χ2v) is 12.7. The smallest absolute Gasteiger partial charge is 0.407 e. The molecule has 3 amide bonds. The molecule has 10 nitrogen and oxygen atoms in total. The van der Waals surface area contributed by atoms with Crippen LogP contribution in [0, 0.1) is 0 Å². The van der Waals surface area contributed by atoms with Crippen molar-refractivity contribution in [2.75, 3.05) is 18.4 Å². The summed E-state index contributed by atoms with van der Waals surface area (Å²) >= 11 is 7.98. The molecule has 4 aromatic rings. The molecule has 2 N–H and O–H groups in total. The van der Waals surface area contributed by atoms with E-state index in [0.29, 0.717) is 44.7 Å². The number of carbonyl (C=O) groups is 3. The second-order valence-electron chi connectivity index (χ2n) is 11.4. The normalized spacial score (nSPS) is 21.5. The first-order valence-electron chi connectivity index (χ1n) is 14.4. The molecule has 45 heavy (non-hydrogen) atoms. The summed E-state index contributed by atoms with van der Waals surface area (Å²) in [6.45, 7) is 0.291. The number of anilines is 1. The average Bonchev–Trinajstić information content (AvgIpc) is 3.81. The highest BCUT2D eigenvalue weighted by atomic mass is 35.5. The topological polar surface area (TPSA) is 121 Å². The molecule has 0 radical (unpaired) electrons. The van der Waals surface area contributed by atoms with Gasteiger partial charge in [-0.1, -0.05) is 35.9 Å². The van der Waals surface area contributed by atoms with Crippen molar-refractivity contribution in [3.8, 4) is 11.1 Å². The summed E-state index contributed by atoms with van der Waals surface area (Å²) in [5, 5.41) is 14.4. The molecule has 232 valence electrons. The number of carboxylic acid groups (broad SMARTS) is 1. The Kier molecular flexibility index (Phi) is 7.52. The van der Waals surface area contributed by atoms with Gasteiger partial charge in [-0.25, -0.2) is 23.5 Å². The second kappa shape index (κ2) is 11.5. The minimum absolute atomic E-state index is 0.0560. The van der Waals surface area contributed by atoms with Crippen molar-refractivity contribution in [3.63, 3.8) is 0 Å². The number of alkyl halides is 2. The number of aromatic nitrogens is 3. The zero-order valence-corrected chi connectivity index (χ0v) is 25.3. The summed E-state index contributed by atoms with van der Waals surface area (Å²) in [5.74, 6) is -1.34. The van der Waals surface area contributed by atoms with Gasteiger partial charge in [-0.3, -0.25) is 14.9 Å². The van der Waals surface area contributed by atoms with Crippen molar-refractivity contribution in [2.45, 2.75) is 50.2 Å². The maximum Gasteiger partial charge on any atom is 0.407 e. The Balaban J connectivity index is 1.17. The number of benzene rings is 2. The van der Waals surface area contributed by atoms with E-state index in [2.05, 4.69) is 15.3 Å². The molecule has 0 aliphatic carbocycles. The number of hydrogen-bond donors (Lipinski definition) is 2. The maximum atomic E-state index is 14.9. The quantitative estimate of drug-likeness (QED) is 0.276. The third-order valence-corrected chi connectivity index (χ3v) is 9.79. The number of amides is 3. The van der Waals surface area contributed by atoms with E-state index < -0.39 is 42.2 Å². The van der Waals surface area contributed by atoms with Crippen LogP contribution in [-0.4, -0.2) is 72.8 Å². The first-order chi connectivity index (χ1) is 21.7. The van der Waals surface area contributed by atoms with Crippen molar-refractivity contribution in [1.29, 1.82) is 0 Å². The fraction of sp³-hybridized carbons (Fsp3) is 0.323. The lowest BCUT2D eigenvalue weighted by Gasteiger charge is -2.33. The van der Waals surface area contributed by atoms with Crippen LogP contribution in [0.1, 0.15) is 51.3 Å². The van der Waals surface area contributed by atoms with Gasteiger partial charge in [-0.2, -0.15) is 0 Å². The van der Waals surface area contributed by atoms with E-state index in [-0.39, 0.29) is 32.6 Å². The molecule has 0 spiro atoms. The van der Waals surface area contributed by atoms with Gasteiger partial charge in [0.1, 0.15) is 12.3 Å². The molecule has 3 aliphatic heterocycles. The lowest BCUT2D eigenvalue weighted by atomic mass is 9.87. The average molecular weight is 653 g/mol. The highest BCUT2D eigenvalue weighted by molar-refractivity contribution is 7.13. The molecule has 3 aliphatic rings. The number of imidazole rings is 1. The number of fused-ring (bicyclic) bond motifs is 2. The molecule has 14 heteroatoms. The number of thiazole rings is 1. The van der Waals surface area contributed by atoms with Crippen LogP contribution in [0.25, 0.3) is 11.1 Å². The number of nitrogens with one attached hydrogen (secondary N) is 1. The van der Waals surface area contributed by atoms with Gasteiger partial charge in [0.2, 0.25) is 0 Å². The van der Waals surface area contributed by atoms with Crippen LogP contribution in [0.15, 0.2) is 54.3 Å². The number of hydrogen-bond acceptors (Lipinski definition) is 6. The van der Waals surface area contributed by atoms with Gasteiger partial charge < -0.3 is 19.5 Å². The van der Waals surface area contributed by atoms with Crippen molar-refractivity contribution in [2.24, 2.45) is 0 Å². The van der Waals surface area contributed by atoms with Crippen LogP contribution in [0.3, 0.4) is 0 Å². The van der Waals surface area contributed by atoms with Gasteiger partial charge in [-0.15, -0.1) is 11.3 Å². The van der Waals surface area contributed by atoms with E-state index in [1.807, 2.05) is 24.3 Å². The molecule has 2 aromatic carbocycles.